The zero-order valence-corrected chi connectivity index (χ0v) is 21.9. The summed E-state index contributed by atoms with van der Waals surface area (Å²) in [7, 11) is 3.66. The minimum absolute atomic E-state index is 0.00487. The number of nitrogens with zero attached hydrogens (tertiary/aromatic N) is 5. The number of rotatable bonds is 8. The van der Waals surface area contributed by atoms with Crippen LogP contribution in [0.25, 0.3) is 0 Å². The molecule has 2 amide bonds. The number of piperazine rings is 1. The molecule has 0 unspecified atom stereocenters. The van der Waals surface area contributed by atoms with Gasteiger partial charge in [-0.05, 0) is 38.1 Å². The van der Waals surface area contributed by atoms with E-state index in [-0.39, 0.29) is 29.0 Å². The van der Waals surface area contributed by atoms with Gasteiger partial charge in [0.25, 0.3) is 5.91 Å². The van der Waals surface area contributed by atoms with Crippen LogP contribution in [0, 0.1) is 0 Å². The van der Waals surface area contributed by atoms with Gasteiger partial charge in [-0.15, -0.1) is 23.4 Å². The minimum atomic E-state index is -4.97. The van der Waals surface area contributed by atoms with Crippen LogP contribution in [0.5, 0.6) is 5.75 Å². The normalized spacial score (nSPS) is 17.9. The maximum absolute atomic E-state index is 13.0. The van der Waals surface area contributed by atoms with Crippen molar-refractivity contribution in [1.82, 2.24) is 20.0 Å². The van der Waals surface area contributed by atoms with Crippen LogP contribution < -0.4 is 20.3 Å². The number of anilines is 3. The molecule has 0 saturated carbocycles. The highest BCUT2D eigenvalue weighted by Crippen LogP contribution is 2.32. The van der Waals surface area contributed by atoms with Gasteiger partial charge < -0.3 is 24.6 Å². The van der Waals surface area contributed by atoms with Gasteiger partial charge in [0.15, 0.2) is 5.75 Å². The van der Waals surface area contributed by atoms with E-state index < -0.39 is 23.9 Å². The Balaban J connectivity index is 1.43. The fraction of sp³-hybridized carbons (Fsp3) is 0.565. The molecule has 208 valence electrons. The van der Waals surface area contributed by atoms with Crippen LogP contribution in [-0.4, -0.2) is 104 Å². The number of likely N-dealkylation sites (N-methyl/N-ethyl adjacent to an activating group) is 1. The van der Waals surface area contributed by atoms with Crippen molar-refractivity contribution in [3.63, 3.8) is 0 Å². The number of carbonyl (C=O) groups is 2. The molecule has 0 radical (unpaired) electrons. The Morgan fingerprint density at radius 1 is 1.08 bits per heavy atom. The van der Waals surface area contributed by atoms with E-state index in [4.69, 9.17) is 4.74 Å². The SMILES string of the molecule is COC1CCN(c2nnc(NC(=O)c3ccc(OC(F)(F)F)c(NC(=O)CN4CCN(C)CC4)c3)s2)CC1. The molecule has 1 aromatic heterocycles. The van der Waals surface area contributed by atoms with Crippen LogP contribution in [0.1, 0.15) is 23.2 Å². The molecule has 4 rings (SSSR count). The van der Waals surface area contributed by atoms with Gasteiger partial charge in [-0.3, -0.25) is 19.8 Å². The number of aromatic nitrogens is 2. The topological polar surface area (TPSA) is 112 Å². The summed E-state index contributed by atoms with van der Waals surface area (Å²) < 4.78 is 48.3. The summed E-state index contributed by atoms with van der Waals surface area (Å²) in [6.07, 6.45) is -3.05. The number of nitrogens with one attached hydrogen (secondary N) is 2. The zero-order valence-electron chi connectivity index (χ0n) is 21.1. The largest absolute Gasteiger partial charge is 0.573 e. The maximum atomic E-state index is 13.0. The van der Waals surface area contributed by atoms with Crippen molar-refractivity contribution >= 4 is 39.1 Å². The average Bonchev–Trinajstić information content (AvgIpc) is 3.34. The number of benzene rings is 1. The molecule has 2 fully saturated rings. The smallest absolute Gasteiger partial charge is 0.404 e. The Labute approximate surface area is 221 Å². The number of methoxy groups -OCH3 is 1. The Morgan fingerprint density at radius 3 is 2.45 bits per heavy atom. The van der Waals surface area contributed by atoms with Gasteiger partial charge in [0.1, 0.15) is 0 Å². The van der Waals surface area contributed by atoms with Gasteiger partial charge in [0.2, 0.25) is 16.2 Å². The van der Waals surface area contributed by atoms with E-state index in [9.17, 15) is 22.8 Å². The Bertz CT molecular complexity index is 1120. The van der Waals surface area contributed by atoms with Crippen LogP contribution in [0.15, 0.2) is 18.2 Å². The zero-order chi connectivity index (χ0) is 27.3. The third-order valence-corrected chi connectivity index (χ3v) is 7.28. The van der Waals surface area contributed by atoms with E-state index in [0.29, 0.717) is 18.2 Å². The lowest BCUT2D eigenvalue weighted by atomic mass is 10.1. The van der Waals surface area contributed by atoms with E-state index in [1.54, 1.807) is 7.11 Å². The highest BCUT2D eigenvalue weighted by Gasteiger charge is 2.33. The third-order valence-electron chi connectivity index (χ3n) is 6.39. The minimum Gasteiger partial charge on any atom is -0.404 e. The number of piperidine rings is 1. The first-order valence-corrected chi connectivity index (χ1v) is 12.9. The van der Waals surface area contributed by atoms with Crippen molar-refractivity contribution in [3.8, 4) is 5.75 Å². The first-order chi connectivity index (χ1) is 18.1. The highest BCUT2D eigenvalue weighted by atomic mass is 32.1. The predicted octanol–water partition coefficient (Wildman–Crippen LogP) is 2.49. The molecule has 2 N–H and O–H groups in total. The molecule has 0 spiro atoms. The summed E-state index contributed by atoms with van der Waals surface area (Å²) in [5, 5.41) is 14.1. The second-order valence-electron chi connectivity index (χ2n) is 9.15. The van der Waals surface area contributed by atoms with Gasteiger partial charge in [-0.2, -0.15) is 0 Å². The van der Waals surface area contributed by atoms with Crippen molar-refractivity contribution in [2.24, 2.45) is 0 Å². The fourth-order valence-corrected chi connectivity index (χ4v) is 5.02. The summed E-state index contributed by atoms with van der Waals surface area (Å²) in [6, 6.07) is 3.33. The molecular weight excluding hydrogens is 527 g/mol. The van der Waals surface area contributed by atoms with E-state index in [1.165, 1.54) is 17.4 Å². The number of halogens is 3. The summed E-state index contributed by atoms with van der Waals surface area (Å²) in [6.45, 7) is 4.38. The van der Waals surface area contributed by atoms with Gasteiger partial charge >= 0.3 is 6.36 Å². The molecule has 15 heteroatoms. The van der Waals surface area contributed by atoms with E-state index >= 15 is 0 Å². The molecule has 2 aliphatic heterocycles. The highest BCUT2D eigenvalue weighted by molar-refractivity contribution is 7.19. The van der Waals surface area contributed by atoms with Gasteiger partial charge in [0, 0.05) is 51.9 Å². The Morgan fingerprint density at radius 2 is 1.79 bits per heavy atom. The van der Waals surface area contributed by atoms with Crippen LogP contribution in [0.3, 0.4) is 0 Å². The number of alkyl halides is 3. The van der Waals surface area contributed by atoms with Gasteiger partial charge in [0.05, 0.1) is 18.3 Å². The number of hydrogen-bond acceptors (Lipinski definition) is 10. The second-order valence-corrected chi connectivity index (χ2v) is 10.1. The monoisotopic (exact) mass is 557 g/mol. The molecule has 0 aliphatic carbocycles. The standard InChI is InChI=1S/C23H30F3N7O4S/c1-31-9-11-32(12-10-31)14-19(34)27-17-13-15(3-4-18(17)37-23(24,25)26)20(35)28-21-29-30-22(38-21)33-7-5-16(36-2)6-8-33/h3-4,13,16H,5-12,14H2,1-2H3,(H,27,34)(H,28,29,35). The van der Waals surface area contributed by atoms with Crippen molar-refractivity contribution in [3.05, 3.63) is 23.8 Å². The number of hydrogen-bond donors (Lipinski definition) is 2. The molecule has 0 bridgehead atoms. The fourth-order valence-electron chi connectivity index (χ4n) is 4.23. The first-order valence-electron chi connectivity index (χ1n) is 12.1. The second kappa shape index (κ2) is 12.2. The number of amides is 2. The Kier molecular flexibility index (Phi) is 9.02. The van der Waals surface area contributed by atoms with Crippen LogP contribution >= 0.6 is 11.3 Å². The van der Waals surface area contributed by atoms with Crippen molar-refractivity contribution in [2.75, 3.05) is 75.5 Å². The molecule has 2 aliphatic rings. The number of ether oxygens (including phenoxy) is 2. The maximum Gasteiger partial charge on any atom is 0.573 e. The van der Waals surface area contributed by atoms with Crippen molar-refractivity contribution < 1.29 is 32.2 Å². The molecule has 11 nitrogen and oxygen atoms in total. The van der Waals surface area contributed by atoms with E-state index in [1.807, 2.05) is 11.9 Å². The average molecular weight is 558 g/mol. The van der Waals surface area contributed by atoms with Gasteiger partial charge in [-0.1, -0.05) is 11.3 Å². The molecular formula is C23H30F3N7O4S. The molecule has 1 aromatic carbocycles. The number of carbonyl (C=O) groups excluding carboxylic acids is 2. The summed E-state index contributed by atoms with van der Waals surface area (Å²) in [5.74, 6) is -1.73. The van der Waals surface area contributed by atoms with Crippen molar-refractivity contribution in [1.29, 1.82) is 0 Å². The van der Waals surface area contributed by atoms with Crippen molar-refractivity contribution in [2.45, 2.75) is 25.3 Å². The molecule has 38 heavy (non-hydrogen) atoms. The third kappa shape index (κ3) is 7.75. The molecule has 2 saturated heterocycles. The molecule has 2 aromatic rings. The van der Waals surface area contributed by atoms with E-state index in [2.05, 4.69) is 35.4 Å². The quantitative estimate of drug-likeness (QED) is 0.506. The Hall–Kier alpha value is -3.01. The van der Waals surface area contributed by atoms with Crippen LogP contribution in [0.4, 0.5) is 29.1 Å². The van der Waals surface area contributed by atoms with Crippen LogP contribution in [-0.2, 0) is 9.53 Å². The first kappa shape index (κ1) is 28.0. The van der Waals surface area contributed by atoms with Gasteiger partial charge in [-0.25, -0.2) is 0 Å². The summed E-state index contributed by atoms with van der Waals surface area (Å²) in [5.41, 5.74) is -0.236. The lowest BCUT2D eigenvalue weighted by Gasteiger charge is -2.31. The molecule has 0 atom stereocenters. The summed E-state index contributed by atoms with van der Waals surface area (Å²) in [4.78, 5) is 31.6. The van der Waals surface area contributed by atoms with Crippen LogP contribution in [0.2, 0.25) is 0 Å². The molecule has 3 heterocycles. The predicted molar refractivity (Wildman–Crippen MR) is 136 cm³/mol. The van der Waals surface area contributed by atoms with E-state index in [0.717, 1.165) is 51.2 Å². The lowest BCUT2D eigenvalue weighted by molar-refractivity contribution is -0.274. The summed E-state index contributed by atoms with van der Waals surface area (Å²) >= 11 is 1.20. The lowest BCUT2D eigenvalue weighted by Crippen LogP contribution is -2.47.